The van der Waals surface area contributed by atoms with Gasteiger partial charge in [-0.1, -0.05) is 12.1 Å². The van der Waals surface area contributed by atoms with Crippen molar-refractivity contribution in [2.45, 2.75) is 32.2 Å². The van der Waals surface area contributed by atoms with Crippen molar-refractivity contribution in [2.75, 3.05) is 31.9 Å². The third kappa shape index (κ3) is 2.80. The molecule has 0 aliphatic carbocycles. The molecule has 0 atom stereocenters. The van der Waals surface area contributed by atoms with E-state index in [1.807, 2.05) is 17.0 Å². The summed E-state index contributed by atoms with van der Waals surface area (Å²) in [7, 11) is 0. The monoisotopic (exact) mass is 273 g/mol. The van der Waals surface area contributed by atoms with Crippen molar-refractivity contribution in [1.82, 2.24) is 9.80 Å². The average molecular weight is 273 g/mol. The molecule has 0 bridgehead atoms. The van der Waals surface area contributed by atoms with Gasteiger partial charge in [0.05, 0.1) is 0 Å². The molecule has 3 rings (SSSR count). The molecule has 0 aromatic heterocycles. The average Bonchev–Trinajstić information content (AvgIpc) is 2.98. The molecule has 2 aliphatic rings. The minimum Gasteiger partial charge on any atom is -0.398 e. The zero-order valence-corrected chi connectivity index (χ0v) is 12.0. The first-order valence-corrected chi connectivity index (χ1v) is 7.60. The van der Waals surface area contributed by atoms with Gasteiger partial charge >= 0.3 is 0 Å². The van der Waals surface area contributed by atoms with Gasteiger partial charge in [-0.3, -0.25) is 4.79 Å². The fraction of sp³-hybridized carbons (Fsp3) is 0.562. The van der Waals surface area contributed by atoms with Crippen LogP contribution in [-0.2, 0) is 17.8 Å². The first kappa shape index (κ1) is 13.4. The van der Waals surface area contributed by atoms with Gasteiger partial charge in [0.25, 0.3) is 0 Å². The number of amides is 1. The fourth-order valence-corrected chi connectivity index (χ4v) is 3.24. The molecule has 0 spiro atoms. The molecular formula is C16H23N3O. The number of hydrogen-bond donors (Lipinski definition) is 1. The van der Waals surface area contributed by atoms with Gasteiger partial charge in [0.15, 0.2) is 0 Å². The van der Waals surface area contributed by atoms with Crippen LogP contribution in [0.4, 0.5) is 5.69 Å². The van der Waals surface area contributed by atoms with Gasteiger partial charge in [-0.15, -0.1) is 0 Å². The summed E-state index contributed by atoms with van der Waals surface area (Å²) in [5.41, 5.74) is 9.30. The quantitative estimate of drug-likeness (QED) is 0.852. The van der Waals surface area contributed by atoms with Crippen LogP contribution in [0.25, 0.3) is 0 Å². The number of nitrogens with two attached hydrogens (primary N) is 1. The Labute approximate surface area is 120 Å². The molecule has 0 unspecified atom stereocenters. The lowest BCUT2D eigenvalue weighted by atomic mass is 9.98. The maximum atomic E-state index is 12.3. The number of carbonyl (C=O) groups excluding carboxylic acids is 1. The standard InChI is InChI=1S/C16H23N3O/c17-15-5-3-4-13-6-11-19(12-14(13)15)16(20)7-10-18-8-1-2-9-18/h3-5H,1-2,6-12,17H2. The van der Waals surface area contributed by atoms with Crippen molar-refractivity contribution in [3.05, 3.63) is 29.3 Å². The molecular weight excluding hydrogens is 250 g/mol. The lowest BCUT2D eigenvalue weighted by Crippen LogP contribution is -2.38. The molecule has 2 aliphatic heterocycles. The van der Waals surface area contributed by atoms with E-state index in [2.05, 4.69) is 11.0 Å². The number of fused-ring (bicyclic) bond motifs is 1. The SMILES string of the molecule is Nc1cccc2c1CN(C(=O)CCN1CCCC1)CC2. The van der Waals surface area contributed by atoms with E-state index in [1.54, 1.807) is 0 Å². The number of hydrogen-bond acceptors (Lipinski definition) is 3. The lowest BCUT2D eigenvalue weighted by molar-refractivity contribution is -0.132. The number of nitrogen functional groups attached to an aromatic ring is 1. The maximum Gasteiger partial charge on any atom is 0.224 e. The highest BCUT2D eigenvalue weighted by molar-refractivity contribution is 5.77. The van der Waals surface area contributed by atoms with Gasteiger partial charge in [0, 0.05) is 31.7 Å². The Morgan fingerprint density at radius 2 is 2.00 bits per heavy atom. The molecule has 4 nitrogen and oxygen atoms in total. The summed E-state index contributed by atoms with van der Waals surface area (Å²) >= 11 is 0. The Kier molecular flexibility index (Phi) is 3.92. The number of benzene rings is 1. The zero-order chi connectivity index (χ0) is 13.9. The van der Waals surface area contributed by atoms with Gasteiger partial charge in [-0.25, -0.2) is 0 Å². The van der Waals surface area contributed by atoms with E-state index in [0.717, 1.165) is 43.9 Å². The van der Waals surface area contributed by atoms with E-state index < -0.39 is 0 Å². The van der Waals surface area contributed by atoms with E-state index in [4.69, 9.17) is 5.73 Å². The minimum absolute atomic E-state index is 0.269. The Morgan fingerprint density at radius 1 is 1.20 bits per heavy atom. The van der Waals surface area contributed by atoms with Crippen LogP contribution in [-0.4, -0.2) is 41.9 Å². The second-order valence-corrected chi connectivity index (χ2v) is 5.85. The normalized spacial score (nSPS) is 19.1. The summed E-state index contributed by atoms with van der Waals surface area (Å²) in [6.07, 6.45) is 4.13. The predicted octanol–water partition coefficient (Wildman–Crippen LogP) is 1.64. The number of nitrogens with zero attached hydrogens (tertiary/aromatic N) is 2. The van der Waals surface area contributed by atoms with Crippen molar-refractivity contribution in [2.24, 2.45) is 0 Å². The van der Waals surface area contributed by atoms with Crippen molar-refractivity contribution in [3.63, 3.8) is 0 Å². The zero-order valence-electron chi connectivity index (χ0n) is 12.0. The Bertz CT molecular complexity index is 494. The topological polar surface area (TPSA) is 49.6 Å². The van der Waals surface area contributed by atoms with Crippen LogP contribution in [0.1, 0.15) is 30.4 Å². The minimum atomic E-state index is 0.269. The molecule has 1 saturated heterocycles. The van der Waals surface area contributed by atoms with Crippen molar-refractivity contribution >= 4 is 11.6 Å². The van der Waals surface area contributed by atoms with Crippen LogP contribution in [0.2, 0.25) is 0 Å². The smallest absolute Gasteiger partial charge is 0.224 e. The molecule has 1 fully saturated rings. The van der Waals surface area contributed by atoms with Crippen molar-refractivity contribution in [3.8, 4) is 0 Å². The van der Waals surface area contributed by atoms with Crippen LogP contribution < -0.4 is 5.73 Å². The lowest BCUT2D eigenvalue weighted by Gasteiger charge is -2.30. The number of rotatable bonds is 3. The second kappa shape index (κ2) is 5.83. The van der Waals surface area contributed by atoms with Gasteiger partial charge in [0.1, 0.15) is 0 Å². The summed E-state index contributed by atoms with van der Waals surface area (Å²) in [6.45, 7) is 4.73. The Morgan fingerprint density at radius 3 is 2.80 bits per heavy atom. The van der Waals surface area contributed by atoms with Crippen LogP contribution in [0, 0.1) is 0 Å². The predicted molar refractivity (Wildman–Crippen MR) is 80.3 cm³/mol. The molecule has 1 amide bonds. The summed E-state index contributed by atoms with van der Waals surface area (Å²) in [5.74, 6) is 0.269. The fourth-order valence-electron chi connectivity index (χ4n) is 3.24. The number of anilines is 1. The molecule has 2 heterocycles. The van der Waals surface area contributed by atoms with Gasteiger partial charge < -0.3 is 15.5 Å². The first-order valence-electron chi connectivity index (χ1n) is 7.60. The third-order valence-corrected chi connectivity index (χ3v) is 4.50. The Balaban J connectivity index is 1.58. The summed E-state index contributed by atoms with van der Waals surface area (Å²) in [6, 6.07) is 6.05. The molecule has 20 heavy (non-hydrogen) atoms. The Hall–Kier alpha value is -1.55. The first-order chi connectivity index (χ1) is 9.74. The highest BCUT2D eigenvalue weighted by Crippen LogP contribution is 2.24. The van der Waals surface area contributed by atoms with Crippen LogP contribution in [0.15, 0.2) is 18.2 Å². The number of likely N-dealkylation sites (tertiary alicyclic amines) is 1. The molecule has 2 N–H and O–H groups in total. The van der Waals surface area contributed by atoms with E-state index in [-0.39, 0.29) is 5.91 Å². The highest BCUT2D eigenvalue weighted by atomic mass is 16.2. The van der Waals surface area contributed by atoms with Gasteiger partial charge in [-0.05, 0) is 49.5 Å². The van der Waals surface area contributed by atoms with E-state index in [0.29, 0.717) is 13.0 Å². The van der Waals surface area contributed by atoms with E-state index in [9.17, 15) is 4.79 Å². The molecule has 1 aromatic carbocycles. The third-order valence-electron chi connectivity index (χ3n) is 4.50. The largest absolute Gasteiger partial charge is 0.398 e. The van der Waals surface area contributed by atoms with Gasteiger partial charge in [0.2, 0.25) is 5.91 Å². The van der Waals surface area contributed by atoms with Crippen LogP contribution in [0.5, 0.6) is 0 Å². The van der Waals surface area contributed by atoms with Crippen LogP contribution in [0.3, 0.4) is 0 Å². The molecule has 0 radical (unpaired) electrons. The molecule has 0 saturated carbocycles. The summed E-state index contributed by atoms with van der Waals surface area (Å²) < 4.78 is 0. The van der Waals surface area contributed by atoms with Crippen molar-refractivity contribution in [1.29, 1.82) is 0 Å². The highest BCUT2D eigenvalue weighted by Gasteiger charge is 2.22. The summed E-state index contributed by atoms with van der Waals surface area (Å²) in [5, 5.41) is 0. The summed E-state index contributed by atoms with van der Waals surface area (Å²) in [4.78, 5) is 16.7. The van der Waals surface area contributed by atoms with E-state index in [1.165, 1.54) is 18.4 Å². The maximum absolute atomic E-state index is 12.3. The van der Waals surface area contributed by atoms with Crippen molar-refractivity contribution < 1.29 is 4.79 Å². The van der Waals surface area contributed by atoms with Gasteiger partial charge in [-0.2, -0.15) is 0 Å². The van der Waals surface area contributed by atoms with E-state index >= 15 is 0 Å². The molecule has 4 heteroatoms. The molecule has 108 valence electrons. The second-order valence-electron chi connectivity index (χ2n) is 5.85. The van der Waals surface area contributed by atoms with Crippen LogP contribution >= 0.6 is 0 Å². The number of carbonyl (C=O) groups is 1. The molecule has 1 aromatic rings.